The first-order valence-electron chi connectivity index (χ1n) is 7.48. The first-order chi connectivity index (χ1) is 10.1. The van der Waals surface area contributed by atoms with E-state index in [2.05, 4.69) is 58.2 Å². The van der Waals surface area contributed by atoms with Crippen LogP contribution in [0.4, 0.5) is 5.69 Å². The summed E-state index contributed by atoms with van der Waals surface area (Å²) in [6, 6.07) is 6.49. The lowest BCUT2D eigenvalue weighted by atomic mass is 10.1. The van der Waals surface area contributed by atoms with Crippen LogP contribution in [0.1, 0.15) is 19.4 Å². The van der Waals surface area contributed by atoms with Crippen LogP contribution in [0.5, 0.6) is 0 Å². The fourth-order valence-electron chi connectivity index (χ4n) is 2.75. The summed E-state index contributed by atoms with van der Waals surface area (Å²) < 4.78 is 12.0. The van der Waals surface area contributed by atoms with Gasteiger partial charge >= 0.3 is 0 Å². The van der Waals surface area contributed by atoms with Crippen molar-refractivity contribution >= 4 is 21.6 Å². The smallest absolute Gasteiger partial charge is 0.0726 e. The van der Waals surface area contributed by atoms with Gasteiger partial charge < -0.3 is 19.7 Å². The molecule has 118 valence electrons. The number of benzene rings is 1. The van der Waals surface area contributed by atoms with E-state index in [1.807, 2.05) is 0 Å². The zero-order chi connectivity index (χ0) is 15.2. The molecule has 0 aliphatic carbocycles. The molecule has 0 saturated carbocycles. The van der Waals surface area contributed by atoms with E-state index in [1.54, 1.807) is 7.11 Å². The number of anilines is 1. The largest absolute Gasteiger partial charge is 0.383 e. The number of nitrogens with zero attached hydrogens (tertiary/aromatic N) is 1. The van der Waals surface area contributed by atoms with Crippen molar-refractivity contribution in [2.45, 2.75) is 32.6 Å². The van der Waals surface area contributed by atoms with E-state index in [9.17, 15) is 0 Å². The molecule has 1 aromatic carbocycles. The molecular weight excluding hydrogens is 332 g/mol. The molecule has 0 aromatic heterocycles. The summed E-state index contributed by atoms with van der Waals surface area (Å²) in [5.74, 6) is 0. The maximum absolute atomic E-state index is 5.84. The number of rotatable bonds is 6. The predicted octanol–water partition coefficient (Wildman–Crippen LogP) is 2.80. The highest BCUT2D eigenvalue weighted by molar-refractivity contribution is 9.10. The summed E-state index contributed by atoms with van der Waals surface area (Å²) in [4.78, 5) is 2.43. The summed E-state index contributed by atoms with van der Waals surface area (Å²) in [7, 11) is 1.73. The Balaban J connectivity index is 2.10. The average Bonchev–Trinajstić information content (AvgIpc) is 2.44. The van der Waals surface area contributed by atoms with Gasteiger partial charge in [0, 0.05) is 43.4 Å². The maximum atomic E-state index is 5.84. The molecule has 1 saturated heterocycles. The van der Waals surface area contributed by atoms with E-state index < -0.39 is 0 Å². The number of hydrogen-bond donors (Lipinski definition) is 1. The molecule has 0 amide bonds. The van der Waals surface area contributed by atoms with E-state index in [1.165, 1.54) is 11.3 Å². The Kier molecular flexibility index (Phi) is 6.48. The van der Waals surface area contributed by atoms with Gasteiger partial charge in [0.15, 0.2) is 0 Å². The molecule has 1 aromatic rings. The molecule has 1 N–H and O–H groups in total. The lowest BCUT2D eigenvalue weighted by molar-refractivity contribution is -0.00526. The molecule has 2 unspecified atom stereocenters. The van der Waals surface area contributed by atoms with E-state index in [0.29, 0.717) is 0 Å². The lowest BCUT2D eigenvalue weighted by Gasteiger charge is -2.38. The van der Waals surface area contributed by atoms with Crippen LogP contribution in [0.25, 0.3) is 0 Å². The van der Waals surface area contributed by atoms with Crippen LogP contribution in [-0.2, 0) is 16.0 Å². The minimum absolute atomic E-state index is 0.266. The molecule has 1 heterocycles. The normalized spacial score (nSPS) is 22.6. The molecule has 21 heavy (non-hydrogen) atoms. The second-order valence-electron chi connectivity index (χ2n) is 5.60. The van der Waals surface area contributed by atoms with Crippen LogP contribution in [-0.4, -0.2) is 45.6 Å². The minimum Gasteiger partial charge on any atom is -0.383 e. The van der Waals surface area contributed by atoms with Crippen molar-refractivity contribution in [1.82, 2.24) is 5.32 Å². The molecule has 0 radical (unpaired) electrons. The molecule has 5 heteroatoms. The van der Waals surface area contributed by atoms with Gasteiger partial charge in [0.25, 0.3) is 0 Å². The van der Waals surface area contributed by atoms with Crippen molar-refractivity contribution in [3.63, 3.8) is 0 Å². The van der Waals surface area contributed by atoms with Crippen molar-refractivity contribution in [2.24, 2.45) is 0 Å². The third kappa shape index (κ3) is 4.95. The SMILES string of the molecule is COCCNCc1ccc(Br)cc1N1CC(C)OC(C)C1. The topological polar surface area (TPSA) is 33.7 Å². The highest BCUT2D eigenvalue weighted by atomic mass is 79.9. The van der Waals surface area contributed by atoms with Crippen LogP contribution in [0, 0.1) is 0 Å². The first kappa shape index (κ1) is 16.7. The molecule has 0 spiro atoms. The predicted molar refractivity (Wildman–Crippen MR) is 89.9 cm³/mol. The van der Waals surface area contributed by atoms with Crippen molar-refractivity contribution < 1.29 is 9.47 Å². The fourth-order valence-corrected chi connectivity index (χ4v) is 3.10. The van der Waals surface area contributed by atoms with Gasteiger partial charge in [-0.1, -0.05) is 22.0 Å². The van der Waals surface area contributed by atoms with Crippen LogP contribution in [0.15, 0.2) is 22.7 Å². The molecule has 1 aliphatic rings. The minimum atomic E-state index is 0.266. The van der Waals surface area contributed by atoms with Gasteiger partial charge in [-0.2, -0.15) is 0 Å². The highest BCUT2D eigenvalue weighted by Gasteiger charge is 2.23. The molecule has 1 fully saturated rings. The quantitative estimate of drug-likeness (QED) is 0.794. The zero-order valence-electron chi connectivity index (χ0n) is 13.1. The van der Waals surface area contributed by atoms with Crippen molar-refractivity contribution in [3.05, 3.63) is 28.2 Å². The Morgan fingerprint density at radius 3 is 2.71 bits per heavy atom. The summed E-state index contributed by atoms with van der Waals surface area (Å²) in [6.45, 7) is 8.59. The summed E-state index contributed by atoms with van der Waals surface area (Å²) >= 11 is 3.59. The Hall–Kier alpha value is -0.620. The number of ether oxygens (including phenoxy) is 2. The second-order valence-corrected chi connectivity index (χ2v) is 6.52. The number of nitrogens with one attached hydrogen (secondary N) is 1. The van der Waals surface area contributed by atoms with E-state index in [-0.39, 0.29) is 12.2 Å². The van der Waals surface area contributed by atoms with Crippen molar-refractivity contribution in [1.29, 1.82) is 0 Å². The fraction of sp³-hybridized carbons (Fsp3) is 0.625. The third-order valence-electron chi connectivity index (χ3n) is 3.61. The van der Waals surface area contributed by atoms with Crippen molar-refractivity contribution in [3.8, 4) is 0 Å². The van der Waals surface area contributed by atoms with Crippen molar-refractivity contribution in [2.75, 3.05) is 38.3 Å². The van der Waals surface area contributed by atoms with E-state index in [4.69, 9.17) is 9.47 Å². The maximum Gasteiger partial charge on any atom is 0.0726 e. The average molecular weight is 357 g/mol. The highest BCUT2D eigenvalue weighted by Crippen LogP contribution is 2.28. The standard InChI is InChI=1S/C16H25BrN2O2/c1-12-10-19(11-13(2)21-12)16-8-15(17)5-4-14(16)9-18-6-7-20-3/h4-5,8,12-13,18H,6-7,9-11H2,1-3H3. The first-order valence-corrected chi connectivity index (χ1v) is 8.28. The van der Waals surface area contributed by atoms with Crippen LogP contribution < -0.4 is 10.2 Å². The lowest BCUT2D eigenvalue weighted by Crippen LogP contribution is -2.46. The number of methoxy groups -OCH3 is 1. The van der Waals surface area contributed by atoms with Gasteiger partial charge in [-0.3, -0.25) is 0 Å². The molecule has 1 aliphatic heterocycles. The zero-order valence-corrected chi connectivity index (χ0v) is 14.6. The Morgan fingerprint density at radius 1 is 1.33 bits per heavy atom. The Morgan fingerprint density at radius 2 is 2.05 bits per heavy atom. The summed E-state index contributed by atoms with van der Waals surface area (Å²) in [5.41, 5.74) is 2.60. The van der Waals surface area contributed by atoms with Gasteiger partial charge in [-0.05, 0) is 31.5 Å². The second kappa shape index (κ2) is 8.13. The van der Waals surface area contributed by atoms with Gasteiger partial charge in [-0.15, -0.1) is 0 Å². The van der Waals surface area contributed by atoms with Crippen LogP contribution >= 0.6 is 15.9 Å². The number of morpholine rings is 1. The van der Waals surface area contributed by atoms with E-state index >= 15 is 0 Å². The summed E-state index contributed by atoms with van der Waals surface area (Å²) in [5, 5.41) is 3.43. The third-order valence-corrected chi connectivity index (χ3v) is 4.10. The molecule has 0 bridgehead atoms. The molecule has 2 rings (SSSR count). The number of halogens is 1. The molecule has 4 nitrogen and oxygen atoms in total. The van der Waals surface area contributed by atoms with Gasteiger partial charge in [-0.25, -0.2) is 0 Å². The van der Waals surface area contributed by atoms with Gasteiger partial charge in [0.1, 0.15) is 0 Å². The summed E-state index contributed by atoms with van der Waals surface area (Å²) in [6.07, 6.45) is 0.532. The Bertz CT molecular complexity index is 446. The number of hydrogen-bond acceptors (Lipinski definition) is 4. The Labute approximate surface area is 135 Å². The molecule has 2 atom stereocenters. The monoisotopic (exact) mass is 356 g/mol. The van der Waals surface area contributed by atoms with Crippen LogP contribution in [0.3, 0.4) is 0 Å². The van der Waals surface area contributed by atoms with E-state index in [0.717, 1.165) is 37.3 Å². The van der Waals surface area contributed by atoms with Gasteiger partial charge in [0.2, 0.25) is 0 Å². The van der Waals surface area contributed by atoms with Gasteiger partial charge in [0.05, 0.1) is 18.8 Å². The van der Waals surface area contributed by atoms with Crippen LogP contribution in [0.2, 0.25) is 0 Å². The molecular formula is C16H25BrN2O2.